The third-order valence-electron chi connectivity index (χ3n) is 0.442. The molecule has 6 heteroatoms. The zero-order valence-electron chi connectivity index (χ0n) is 6.11. The van der Waals surface area contributed by atoms with Gasteiger partial charge in [0.25, 0.3) is 0 Å². The van der Waals surface area contributed by atoms with Crippen molar-refractivity contribution in [3.05, 3.63) is 0 Å². The van der Waals surface area contributed by atoms with Gasteiger partial charge in [0.15, 0.2) is 0 Å². The second kappa shape index (κ2) is 9.25. The average molecular weight is 181 g/mol. The predicted octanol–water partition coefficient (Wildman–Crippen LogP) is -0.536. The molecule has 0 spiro atoms. The molecule has 0 rings (SSSR count). The molecule has 0 aliphatic heterocycles. The van der Waals surface area contributed by atoms with Crippen LogP contribution in [-0.4, -0.2) is 40.7 Å². The van der Waals surface area contributed by atoms with Gasteiger partial charge >= 0.3 is 11.9 Å². The first-order valence-electron chi connectivity index (χ1n) is 2.67. The summed E-state index contributed by atoms with van der Waals surface area (Å²) in [6.45, 7) is -0.278. The molecule has 0 aromatic rings. The lowest BCUT2D eigenvalue weighted by Crippen LogP contribution is -2.10. The predicted molar refractivity (Wildman–Crippen MR) is 42.7 cm³/mol. The summed E-state index contributed by atoms with van der Waals surface area (Å²) in [4.78, 5) is 18.8. The van der Waals surface area contributed by atoms with E-state index in [0.717, 1.165) is 0 Å². The lowest BCUT2D eigenvalue weighted by Gasteiger charge is -1.80. The molecule has 0 saturated heterocycles. The van der Waals surface area contributed by atoms with Crippen LogP contribution in [0.2, 0.25) is 0 Å². The molecule has 4 N–H and O–H groups in total. The van der Waals surface area contributed by atoms with Gasteiger partial charge in [0.1, 0.15) is 0 Å². The summed E-state index contributed by atoms with van der Waals surface area (Å²) < 4.78 is 0. The minimum absolute atomic E-state index is 0.208. The van der Waals surface area contributed by atoms with Gasteiger partial charge in [-0.25, -0.2) is 0 Å². The molecule has 0 amide bonds. The molecular weight excluding hydrogens is 170 g/mol. The summed E-state index contributed by atoms with van der Waals surface area (Å²) in [7, 11) is 0. The molecule has 0 aromatic heterocycles. The molecule has 66 valence electrons. The molecule has 0 aliphatic carbocycles. The summed E-state index contributed by atoms with van der Waals surface area (Å²) in [5.74, 6) is -1.51. The summed E-state index contributed by atoms with van der Waals surface area (Å²) in [6, 6.07) is 0. The Bertz CT molecular complexity index is 128. The van der Waals surface area contributed by atoms with Crippen LogP contribution in [0.15, 0.2) is 0 Å². The van der Waals surface area contributed by atoms with Crippen LogP contribution in [0.4, 0.5) is 0 Å². The molecule has 0 bridgehead atoms. The van der Waals surface area contributed by atoms with Crippen LogP contribution in [0.1, 0.15) is 0 Å². The highest BCUT2D eigenvalue weighted by Gasteiger charge is 1.87. The van der Waals surface area contributed by atoms with Crippen LogP contribution in [0.5, 0.6) is 0 Å². The largest absolute Gasteiger partial charge is 0.481 e. The molecule has 0 aromatic carbocycles. The molecule has 5 nitrogen and oxygen atoms in total. The molecule has 0 atom stereocenters. The topological polar surface area (TPSA) is 101 Å². The summed E-state index contributed by atoms with van der Waals surface area (Å²) in [5.41, 5.74) is 4.57. The number of carboxylic acid groups (broad SMARTS) is 2. The first-order valence-corrected chi connectivity index (χ1v) is 4.06. The Morgan fingerprint density at radius 3 is 1.73 bits per heavy atom. The third kappa shape index (κ3) is 26.9. The number of carbonyl (C=O) groups is 2. The van der Waals surface area contributed by atoms with Gasteiger partial charge in [-0.2, -0.15) is 11.8 Å². The van der Waals surface area contributed by atoms with Crippen molar-refractivity contribution < 1.29 is 19.8 Å². The number of nitrogens with two attached hydrogens (primary N) is 1. The highest BCUT2D eigenvalue weighted by molar-refractivity contribution is 7.99. The Balaban J connectivity index is 0. The highest BCUT2D eigenvalue weighted by Crippen LogP contribution is 1.87. The SMILES string of the molecule is CSCC(=O)O.NCC(=O)O. The first kappa shape index (κ1) is 12.9. The number of carboxylic acids is 2. The van der Waals surface area contributed by atoms with Crippen LogP contribution in [0, 0.1) is 0 Å². The Morgan fingerprint density at radius 1 is 1.36 bits per heavy atom. The minimum atomic E-state index is -0.968. The van der Waals surface area contributed by atoms with Crippen molar-refractivity contribution in [1.29, 1.82) is 0 Å². The van der Waals surface area contributed by atoms with Crippen molar-refractivity contribution in [2.24, 2.45) is 5.73 Å². The van der Waals surface area contributed by atoms with E-state index < -0.39 is 11.9 Å². The number of hydrogen-bond donors (Lipinski definition) is 3. The standard InChI is InChI=1S/C3H6O2S.C2H5NO2/c1-6-2-3(4)5;3-1-2(4)5/h2H2,1H3,(H,4,5);1,3H2,(H,4,5). The maximum absolute atomic E-state index is 9.58. The van der Waals surface area contributed by atoms with Gasteiger partial charge in [-0.15, -0.1) is 0 Å². The van der Waals surface area contributed by atoms with Crippen molar-refractivity contribution in [2.75, 3.05) is 18.6 Å². The molecule has 0 unspecified atom stereocenters. The van der Waals surface area contributed by atoms with E-state index in [2.05, 4.69) is 5.73 Å². The highest BCUT2D eigenvalue weighted by atomic mass is 32.2. The van der Waals surface area contributed by atoms with Gasteiger partial charge < -0.3 is 15.9 Å². The molecule has 0 aliphatic rings. The van der Waals surface area contributed by atoms with Crippen molar-refractivity contribution >= 4 is 23.7 Å². The fraction of sp³-hybridized carbons (Fsp3) is 0.600. The minimum Gasteiger partial charge on any atom is -0.481 e. The van der Waals surface area contributed by atoms with E-state index >= 15 is 0 Å². The molecule has 0 saturated carbocycles. The van der Waals surface area contributed by atoms with Gasteiger partial charge in [0.05, 0.1) is 12.3 Å². The summed E-state index contributed by atoms with van der Waals surface area (Å²) in [5, 5.41) is 15.5. The van der Waals surface area contributed by atoms with Crippen LogP contribution in [-0.2, 0) is 9.59 Å². The normalized spacial score (nSPS) is 7.82. The molecule has 0 fully saturated rings. The van der Waals surface area contributed by atoms with Gasteiger partial charge in [0, 0.05) is 0 Å². The van der Waals surface area contributed by atoms with Gasteiger partial charge in [0.2, 0.25) is 0 Å². The lowest BCUT2D eigenvalue weighted by atomic mass is 10.7. The number of hydrogen-bond acceptors (Lipinski definition) is 4. The molecule has 0 heterocycles. The number of rotatable bonds is 3. The molecule has 0 radical (unpaired) electrons. The first-order chi connectivity index (χ1) is 5.04. The molecular formula is C5H11NO4S. The van der Waals surface area contributed by atoms with E-state index in [0.29, 0.717) is 0 Å². The van der Waals surface area contributed by atoms with Crippen LogP contribution >= 0.6 is 11.8 Å². The Hall–Kier alpha value is -0.750. The average Bonchev–Trinajstić information content (AvgIpc) is 1.89. The third-order valence-corrected chi connectivity index (χ3v) is 0.978. The van der Waals surface area contributed by atoms with E-state index in [-0.39, 0.29) is 12.3 Å². The smallest absolute Gasteiger partial charge is 0.317 e. The Kier molecular flexibility index (Phi) is 10.8. The van der Waals surface area contributed by atoms with E-state index in [1.54, 1.807) is 6.26 Å². The van der Waals surface area contributed by atoms with Crippen LogP contribution in [0.25, 0.3) is 0 Å². The second-order valence-electron chi connectivity index (χ2n) is 1.42. The second-order valence-corrected chi connectivity index (χ2v) is 2.29. The van der Waals surface area contributed by atoms with E-state index in [1.807, 2.05) is 0 Å². The van der Waals surface area contributed by atoms with Crippen molar-refractivity contribution in [3.63, 3.8) is 0 Å². The Morgan fingerprint density at radius 2 is 1.73 bits per heavy atom. The maximum atomic E-state index is 9.58. The van der Waals surface area contributed by atoms with Crippen molar-refractivity contribution in [3.8, 4) is 0 Å². The maximum Gasteiger partial charge on any atom is 0.317 e. The summed E-state index contributed by atoms with van der Waals surface area (Å²) in [6.07, 6.45) is 1.76. The van der Waals surface area contributed by atoms with Gasteiger partial charge in [-0.05, 0) is 6.26 Å². The number of thioether (sulfide) groups is 1. The Labute approximate surface area is 68.6 Å². The summed E-state index contributed by atoms with van der Waals surface area (Å²) >= 11 is 1.31. The van der Waals surface area contributed by atoms with Gasteiger partial charge in [-0.1, -0.05) is 0 Å². The van der Waals surface area contributed by atoms with Crippen LogP contribution < -0.4 is 5.73 Å². The molecule has 11 heavy (non-hydrogen) atoms. The zero-order chi connectivity index (χ0) is 9.28. The van der Waals surface area contributed by atoms with E-state index in [1.165, 1.54) is 11.8 Å². The fourth-order valence-electron chi connectivity index (χ4n) is 0.123. The lowest BCUT2D eigenvalue weighted by molar-refractivity contribution is -0.135. The fourth-order valence-corrected chi connectivity index (χ4v) is 0.370. The quantitative estimate of drug-likeness (QED) is 0.540. The van der Waals surface area contributed by atoms with Gasteiger partial charge in [-0.3, -0.25) is 9.59 Å². The van der Waals surface area contributed by atoms with E-state index in [4.69, 9.17) is 10.2 Å². The van der Waals surface area contributed by atoms with Crippen molar-refractivity contribution in [2.45, 2.75) is 0 Å². The zero-order valence-corrected chi connectivity index (χ0v) is 6.93. The number of aliphatic carboxylic acids is 2. The van der Waals surface area contributed by atoms with Crippen molar-refractivity contribution in [1.82, 2.24) is 0 Å². The van der Waals surface area contributed by atoms with E-state index in [9.17, 15) is 9.59 Å². The van der Waals surface area contributed by atoms with Crippen LogP contribution in [0.3, 0.4) is 0 Å². The monoisotopic (exact) mass is 181 g/mol.